The molecule has 0 aliphatic carbocycles. The van der Waals surface area contributed by atoms with E-state index >= 15 is 0 Å². The van der Waals surface area contributed by atoms with Crippen molar-refractivity contribution in [3.8, 4) is 0 Å². The lowest BCUT2D eigenvalue weighted by Crippen LogP contribution is -2.38. The van der Waals surface area contributed by atoms with Crippen LogP contribution in [-0.4, -0.2) is 114 Å². The summed E-state index contributed by atoms with van der Waals surface area (Å²) in [6.07, 6.45) is 5.97. The zero-order valence-electron chi connectivity index (χ0n) is 47.4. The summed E-state index contributed by atoms with van der Waals surface area (Å²) >= 11 is 0. The number of nitrogens with one attached hydrogen (secondary N) is 3. The Morgan fingerprint density at radius 3 is 1.55 bits per heavy atom. The van der Waals surface area contributed by atoms with E-state index in [1.807, 2.05) is 82.6 Å². The minimum Gasteiger partial charge on any atom is -0.370 e. The van der Waals surface area contributed by atoms with Gasteiger partial charge in [-0.3, -0.25) is 20.4 Å². The van der Waals surface area contributed by atoms with E-state index in [2.05, 4.69) is 142 Å². The molecule has 0 amide bonds. The van der Waals surface area contributed by atoms with Crippen LogP contribution in [0, 0.1) is 23.2 Å². The number of hydrogen-bond donors (Lipinski definition) is 11. The van der Waals surface area contributed by atoms with Crippen molar-refractivity contribution in [3.63, 3.8) is 0 Å². The van der Waals surface area contributed by atoms with Crippen LogP contribution in [0.3, 0.4) is 0 Å². The molecular formula is C52H99N21. The molecule has 3 aromatic heterocycles. The quantitative estimate of drug-likeness (QED) is 0.0607. The molecule has 6 heterocycles. The van der Waals surface area contributed by atoms with Gasteiger partial charge in [0.15, 0.2) is 35.7 Å². The van der Waals surface area contributed by atoms with Gasteiger partial charge in [-0.1, -0.05) is 79.7 Å². The van der Waals surface area contributed by atoms with E-state index in [1.165, 1.54) is 12.8 Å². The Bertz CT molecular complexity index is 2280. The molecule has 5 aromatic rings. The SMILES string of the molecule is CC(C)C.CC(C)C.CC(C)C1CN=C(N)N1.CC(C)N1CCN=C1N.CC(C)N=C(N)N.CC(C)n1c(N)nc2ccccc21.CC(C)n1ccnc1N.N=C(N)N1CCCC1.Nc1nc2ccccc2[nH]1. The number of guanidine groups is 4. The summed E-state index contributed by atoms with van der Waals surface area (Å²) in [4.78, 5) is 30.9. The molecule has 0 bridgehead atoms. The van der Waals surface area contributed by atoms with E-state index in [0.29, 0.717) is 59.8 Å². The predicted octanol–water partition coefficient (Wildman–Crippen LogP) is 7.31. The number of aliphatic imine (C=N–C) groups is 3. The molecule has 21 nitrogen and oxygen atoms in total. The standard InChI is InChI=1S/C10H13N3.C7H7N3.C6H13N3.C6H11N3.C6H13N3.C5H11N3.C4H11N3.2C4H10/c1-7(2)13-9-6-4-3-5-8(9)12-10(13)11;8-7-9-5-3-1-2-4-6(5)10-7;2*1-5(2)9-4-3-8-6(9)7;1-4(2)5-3-8-6(7)9-5;6-5(7)8-3-1-2-4-8;1-3(2)7-4(5)6;2*1-4(2)3/h3-7H,1-2H3,(H2,11,12);1-4H,(H3,8,9,10);5H,3-4H2,1-2H3,(H2,7,8);3-5H,1-2H3,(H2,7,8);4-5H,3H2,1-2H3,(H3,7,8,9);1-4H2,(H3,6,7);3H,1-2H3,(H4,5,6,7);2*4H,1-3H3. The number of imidazole rings is 3. The number of nitrogens with two attached hydrogens (primary N) is 8. The van der Waals surface area contributed by atoms with Crippen LogP contribution in [0.1, 0.15) is 136 Å². The Labute approximate surface area is 438 Å². The fraction of sp³-hybridized carbons (Fsp3) is 0.596. The number of rotatable bonds is 5. The maximum atomic E-state index is 7.00. The van der Waals surface area contributed by atoms with Crippen LogP contribution >= 0.6 is 0 Å². The average Bonchev–Trinajstić information content (AvgIpc) is 4.14. The summed E-state index contributed by atoms with van der Waals surface area (Å²) in [5, 5.41) is 10.1. The Kier molecular flexibility index (Phi) is 31.9. The monoisotopic (exact) mass is 1020 g/mol. The van der Waals surface area contributed by atoms with Crippen molar-refractivity contribution in [2.75, 3.05) is 49.9 Å². The van der Waals surface area contributed by atoms with Gasteiger partial charge in [0.1, 0.15) is 0 Å². The van der Waals surface area contributed by atoms with Crippen molar-refractivity contribution in [2.45, 2.75) is 154 Å². The van der Waals surface area contributed by atoms with Crippen molar-refractivity contribution in [2.24, 2.45) is 61.4 Å². The zero-order valence-corrected chi connectivity index (χ0v) is 47.4. The summed E-state index contributed by atoms with van der Waals surface area (Å²) in [6.45, 7) is 38.4. The number of aromatic amines is 1. The van der Waals surface area contributed by atoms with Gasteiger partial charge in [-0.05, 0) is 110 Å². The number of anilines is 3. The largest absolute Gasteiger partial charge is 0.370 e. The second-order valence-corrected chi connectivity index (χ2v) is 20.3. The van der Waals surface area contributed by atoms with Crippen molar-refractivity contribution in [1.82, 2.24) is 44.2 Å². The third kappa shape index (κ3) is 28.6. The van der Waals surface area contributed by atoms with Crippen LogP contribution < -0.4 is 51.2 Å². The third-order valence-electron chi connectivity index (χ3n) is 9.78. The molecule has 1 unspecified atom stereocenters. The van der Waals surface area contributed by atoms with Gasteiger partial charge in [0, 0.05) is 56.2 Å². The smallest absolute Gasteiger partial charge is 0.201 e. The van der Waals surface area contributed by atoms with Crippen molar-refractivity contribution < 1.29 is 0 Å². The first kappa shape index (κ1) is 66.1. The van der Waals surface area contributed by atoms with E-state index in [9.17, 15) is 0 Å². The Morgan fingerprint density at radius 1 is 0.671 bits per heavy atom. The van der Waals surface area contributed by atoms with Gasteiger partial charge in [0.2, 0.25) is 5.95 Å². The highest BCUT2D eigenvalue weighted by Gasteiger charge is 2.18. The molecule has 0 radical (unpaired) electrons. The maximum Gasteiger partial charge on any atom is 0.201 e. The van der Waals surface area contributed by atoms with Crippen LogP contribution in [0.5, 0.6) is 0 Å². The van der Waals surface area contributed by atoms with Crippen molar-refractivity contribution in [3.05, 3.63) is 60.9 Å². The van der Waals surface area contributed by atoms with Gasteiger partial charge < -0.3 is 75.1 Å². The fourth-order valence-corrected chi connectivity index (χ4v) is 6.45. The Balaban J connectivity index is 0.000000814. The number of nitrogen functional groups attached to an aromatic ring is 3. The lowest BCUT2D eigenvalue weighted by Gasteiger charge is -2.21. The second-order valence-electron chi connectivity index (χ2n) is 20.3. The van der Waals surface area contributed by atoms with Gasteiger partial charge in [-0.15, -0.1) is 0 Å². The second kappa shape index (κ2) is 35.2. The molecule has 1 atom stereocenters. The average molecular weight is 1020 g/mol. The number of para-hydroxylation sites is 4. The molecule has 8 rings (SSSR count). The molecule has 3 aliphatic rings. The van der Waals surface area contributed by atoms with Gasteiger partial charge in [0.05, 0.1) is 41.2 Å². The number of H-pyrrole nitrogens is 1. The van der Waals surface area contributed by atoms with Crippen molar-refractivity contribution in [1.29, 1.82) is 5.41 Å². The summed E-state index contributed by atoms with van der Waals surface area (Å²) < 4.78 is 3.95. The first-order valence-electron chi connectivity index (χ1n) is 25.6. The number of benzene rings is 2. The van der Waals surface area contributed by atoms with Crippen LogP contribution in [0.15, 0.2) is 75.9 Å². The molecule has 1 fully saturated rings. The summed E-state index contributed by atoms with van der Waals surface area (Å²) in [7, 11) is 0. The van der Waals surface area contributed by atoms with E-state index in [4.69, 9.17) is 51.3 Å². The summed E-state index contributed by atoms with van der Waals surface area (Å²) in [5.41, 5.74) is 46.9. The number of aromatic nitrogens is 6. The molecular weight excluding hydrogens is 919 g/mol. The van der Waals surface area contributed by atoms with Gasteiger partial charge in [-0.25, -0.2) is 15.0 Å². The lowest BCUT2D eigenvalue weighted by molar-refractivity contribution is 0.377. The first-order chi connectivity index (χ1) is 34.1. The van der Waals surface area contributed by atoms with Crippen LogP contribution in [-0.2, 0) is 0 Å². The van der Waals surface area contributed by atoms with E-state index in [-0.39, 0.29) is 18.0 Å². The Hall–Kier alpha value is -6.93. The minimum atomic E-state index is 0.162. The van der Waals surface area contributed by atoms with Crippen LogP contribution in [0.4, 0.5) is 17.8 Å². The number of nitrogens with zero attached hydrogens (tertiary/aromatic N) is 10. The number of hydrogen-bond acceptors (Lipinski definition) is 14. The van der Waals surface area contributed by atoms with Gasteiger partial charge in [0.25, 0.3) is 0 Å². The lowest BCUT2D eigenvalue weighted by atomic mass is 10.1. The molecule has 73 heavy (non-hydrogen) atoms. The topological polar surface area (TPSA) is 352 Å². The van der Waals surface area contributed by atoms with Crippen LogP contribution in [0.25, 0.3) is 22.1 Å². The zero-order chi connectivity index (χ0) is 56.0. The van der Waals surface area contributed by atoms with Crippen LogP contribution in [0.2, 0.25) is 0 Å². The molecule has 2 aromatic carbocycles. The number of fused-ring (bicyclic) bond motifs is 2. The Morgan fingerprint density at radius 2 is 1.22 bits per heavy atom. The normalized spacial score (nSPS) is 14.3. The number of likely N-dealkylation sites (tertiary alicyclic amines) is 1. The summed E-state index contributed by atoms with van der Waals surface area (Å²) in [5.74, 6) is 5.62. The third-order valence-corrected chi connectivity index (χ3v) is 9.78. The van der Waals surface area contributed by atoms with E-state index in [1.54, 1.807) is 6.20 Å². The summed E-state index contributed by atoms with van der Waals surface area (Å²) in [6, 6.07) is 17.7. The fourth-order valence-electron chi connectivity index (χ4n) is 6.45. The molecule has 412 valence electrons. The highest BCUT2D eigenvalue weighted by Crippen LogP contribution is 2.21. The predicted molar refractivity (Wildman–Crippen MR) is 313 cm³/mol. The molecule has 0 spiro atoms. The first-order valence-corrected chi connectivity index (χ1v) is 25.6. The maximum absolute atomic E-state index is 7.00. The van der Waals surface area contributed by atoms with E-state index in [0.717, 1.165) is 66.6 Å². The molecule has 1 saturated heterocycles. The molecule has 0 saturated carbocycles. The highest BCUT2D eigenvalue weighted by molar-refractivity contribution is 5.81. The highest BCUT2D eigenvalue weighted by atomic mass is 15.3. The van der Waals surface area contributed by atoms with Gasteiger partial charge >= 0.3 is 0 Å². The van der Waals surface area contributed by atoms with E-state index < -0.39 is 0 Å². The molecule has 3 aliphatic heterocycles. The molecule has 19 N–H and O–H groups in total. The van der Waals surface area contributed by atoms with Crippen molar-refractivity contribution >= 4 is 63.8 Å². The van der Waals surface area contributed by atoms with Gasteiger partial charge in [-0.2, -0.15) is 0 Å². The minimum absolute atomic E-state index is 0.162. The molecule has 21 heteroatoms.